The first-order valence-corrected chi connectivity index (χ1v) is 10.1. The highest BCUT2D eigenvalue weighted by molar-refractivity contribution is 6.29. The SMILES string of the molecule is Clc1ccc(CCc2ccc(Cc3c[nH]c4ncc(C5CC5)cc34)cn2)cn1. The second kappa shape index (κ2) is 7.36. The van der Waals surface area contributed by atoms with Gasteiger partial charge in [0.05, 0.1) is 0 Å². The highest BCUT2D eigenvalue weighted by atomic mass is 35.5. The first-order valence-electron chi connectivity index (χ1n) is 9.75. The Kier molecular flexibility index (Phi) is 4.57. The third kappa shape index (κ3) is 3.78. The van der Waals surface area contributed by atoms with Gasteiger partial charge >= 0.3 is 0 Å². The van der Waals surface area contributed by atoms with E-state index < -0.39 is 0 Å². The Morgan fingerprint density at radius 3 is 2.54 bits per heavy atom. The average Bonchev–Trinajstić information content (AvgIpc) is 3.51. The summed E-state index contributed by atoms with van der Waals surface area (Å²) in [5.74, 6) is 0.719. The van der Waals surface area contributed by atoms with E-state index in [2.05, 4.69) is 44.3 Å². The summed E-state index contributed by atoms with van der Waals surface area (Å²) < 4.78 is 0. The lowest BCUT2D eigenvalue weighted by Gasteiger charge is -2.05. The van der Waals surface area contributed by atoms with E-state index in [9.17, 15) is 0 Å². The van der Waals surface area contributed by atoms with Gasteiger partial charge in [0.25, 0.3) is 0 Å². The molecule has 4 nitrogen and oxygen atoms in total. The van der Waals surface area contributed by atoms with Crippen molar-refractivity contribution in [3.63, 3.8) is 0 Å². The van der Waals surface area contributed by atoms with Gasteiger partial charge in [-0.15, -0.1) is 0 Å². The van der Waals surface area contributed by atoms with Crippen LogP contribution in [0.25, 0.3) is 11.0 Å². The number of hydrogen-bond donors (Lipinski definition) is 1. The van der Waals surface area contributed by atoms with Crippen molar-refractivity contribution in [2.24, 2.45) is 0 Å². The molecule has 4 aromatic rings. The van der Waals surface area contributed by atoms with Crippen molar-refractivity contribution < 1.29 is 0 Å². The number of H-pyrrole nitrogens is 1. The molecule has 140 valence electrons. The van der Waals surface area contributed by atoms with E-state index in [1.165, 1.54) is 40.5 Å². The summed E-state index contributed by atoms with van der Waals surface area (Å²) >= 11 is 5.84. The minimum Gasteiger partial charge on any atom is -0.346 e. The quantitative estimate of drug-likeness (QED) is 0.458. The standard InChI is InChI=1S/C23H21ClN4/c24-22-8-3-15(11-26-22)1-6-20-7-2-16(12-25-20)9-19-14-28-23-21(19)10-18(13-27-23)17-4-5-17/h2-3,7-8,10-14,17H,1,4-6,9H2,(H,27,28). The molecule has 5 heteroatoms. The zero-order valence-electron chi connectivity index (χ0n) is 15.5. The number of aromatic nitrogens is 4. The molecule has 1 saturated carbocycles. The van der Waals surface area contributed by atoms with E-state index in [0.717, 1.165) is 36.5 Å². The molecular weight excluding hydrogens is 368 g/mol. The molecule has 1 aliphatic rings. The van der Waals surface area contributed by atoms with Crippen LogP contribution in [0.3, 0.4) is 0 Å². The van der Waals surface area contributed by atoms with Crippen LogP contribution < -0.4 is 0 Å². The molecule has 1 aliphatic carbocycles. The van der Waals surface area contributed by atoms with Crippen molar-refractivity contribution in [3.8, 4) is 0 Å². The molecule has 0 saturated heterocycles. The Hall–Kier alpha value is -2.72. The van der Waals surface area contributed by atoms with Crippen molar-refractivity contribution in [1.29, 1.82) is 0 Å². The summed E-state index contributed by atoms with van der Waals surface area (Å²) in [5.41, 5.74) is 7.11. The molecule has 0 spiro atoms. The van der Waals surface area contributed by atoms with E-state index >= 15 is 0 Å². The van der Waals surface area contributed by atoms with Gasteiger partial charge in [-0.05, 0) is 72.1 Å². The van der Waals surface area contributed by atoms with Gasteiger partial charge in [-0.1, -0.05) is 23.7 Å². The van der Waals surface area contributed by atoms with Crippen LogP contribution >= 0.6 is 11.6 Å². The Balaban J connectivity index is 1.27. The number of rotatable bonds is 6. The summed E-state index contributed by atoms with van der Waals surface area (Å²) in [4.78, 5) is 16.7. The van der Waals surface area contributed by atoms with Crippen LogP contribution in [0.15, 0.2) is 55.1 Å². The molecule has 0 unspecified atom stereocenters. The lowest BCUT2D eigenvalue weighted by Crippen LogP contribution is -1.97. The molecule has 1 N–H and O–H groups in total. The highest BCUT2D eigenvalue weighted by Gasteiger charge is 2.24. The lowest BCUT2D eigenvalue weighted by molar-refractivity contribution is 0.902. The molecule has 1 fully saturated rings. The van der Waals surface area contributed by atoms with E-state index in [-0.39, 0.29) is 0 Å². The fourth-order valence-corrected chi connectivity index (χ4v) is 3.73. The second-order valence-corrected chi connectivity index (χ2v) is 7.96. The van der Waals surface area contributed by atoms with Gasteiger partial charge in [-0.25, -0.2) is 9.97 Å². The number of pyridine rings is 3. The second-order valence-electron chi connectivity index (χ2n) is 7.58. The molecule has 28 heavy (non-hydrogen) atoms. The van der Waals surface area contributed by atoms with Crippen LogP contribution in [-0.2, 0) is 19.3 Å². The number of hydrogen-bond acceptors (Lipinski definition) is 3. The summed E-state index contributed by atoms with van der Waals surface area (Å²) in [6.45, 7) is 0. The monoisotopic (exact) mass is 388 g/mol. The van der Waals surface area contributed by atoms with Gasteiger partial charge in [0.2, 0.25) is 0 Å². The Bertz CT molecular complexity index is 1100. The molecule has 0 aliphatic heterocycles. The molecule has 0 atom stereocenters. The van der Waals surface area contributed by atoms with Crippen LogP contribution in [0.2, 0.25) is 5.15 Å². The van der Waals surface area contributed by atoms with Crippen LogP contribution in [0.1, 0.15) is 46.7 Å². The van der Waals surface area contributed by atoms with Gasteiger partial charge in [0.1, 0.15) is 10.8 Å². The summed E-state index contributed by atoms with van der Waals surface area (Å²) in [6.07, 6.45) is 13.2. The van der Waals surface area contributed by atoms with E-state index in [1.54, 1.807) is 0 Å². The third-order valence-electron chi connectivity index (χ3n) is 5.43. The van der Waals surface area contributed by atoms with E-state index in [0.29, 0.717) is 5.15 Å². The number of fused-ring (bicyclic) bond motifs is 1. The minimum absolute atomic E-state index is 0.531. The molecule has 5 rings (SSSR count). The van der Waals surface area contributed by atoms with Crippen molar-refractivity contribution in [3.05, 3.63) is 88.2 Å². The van der Waals surface area contributed by atoms with Crippen LogP contribution in [-0.4, -0.2) is 19.9 Å². The maximum Gasteiger partial charge on any atom is 0.137 e. The molecule has 4 aromatic heterocycles. The fraction of sp³-hybridized carbons (Fsp3) is 0.261. The highest BCUT2D eigenvalue weighted by Crippen LogP contribution is 2.40. The summed E-state index contributed by atoms with van der Waals surface area (Å²) in [6, 6.07) is 10.5. The number of halogens is 1. The first kappa shape index (κ1) is 17.4. The lowest BCUT2D eigenvalue weighted by atomic mass is 10.0. The maximum absolute atomic E-state index is 5.84. The number of aromatic amines is 1. The molecule has 0 radical (unpaired) electrons. The zero-order chi connectivity index (χ0) is 18.9. The van der Waals surface area contributed by atoms with Crippen LogP contribution in [0.4, 0.5) is 0 Å². The summed E-state index contributed by atoms with van der Waals surface area (Å²) in [5, 5.41) is 1.77. The number of aryl methyl sites for hydroxylation is 2. The molecular formula is C23H21ClN4. The van der Waals surface area contributed by atoms with Crippen LogP contribution in [0, 0.1) is 0 Å². The topological polar surface area (TPSA) is 54.5 Å². The minimum atomic E-state index is 0.531. The molecule has 0 aromatic carbocycles. The largest absolute Gasteiger partial charge is 0.346 e. The van der Waals surface area contributed by atoms with Gasteiger partial charge < -0.3 is 4.98 Å². The van der Waals surface area contributed by atoms with E-state index in [1.807, 2.05) is 30.7 Å². The normalized spacial score (nSPS) is 13.9. The Morgan fingerprint density at radius 1 is 0.929 bits per heavy atom. The summed E-state index contributed by atoms with van der Waals surface area (Å²) in [7, 11) is 0. The Morgan fingerprint density at radius 2 is 1.79 bits per heavy atom. The average molecular weight is 389 g/mol. The molecule has 0 amide bonds. The van der Waals surface area contributed by atoms with Crippen molar-refractivity contribution in [2.45, 2.75) is 38.0 Å². The van der Waals surface area contributed by atoms with Crippen molar-refractivity contribution >= 4 is 22.6 Å². The van der Waals surface area contributed by atoms with Crippen LogP contribution in [0.5, 0.6) is 0 Å². The van der Waals surface area contributed by atoms with Crippen molar-refractivity contribution in [1.82, 2.24) is 19.9 Å². The first-order chi connectivity index (χ1) is 13.7. The third-order valence-corrected chi connectivity index (χ3v) is 5.65. The van der Waals surface area contributed by atoms with Gasteiger partial charge in [0, 0.05) is 42.3 Å². The Labute approximate surface area is 169 Å². The predicted molar refractivity (Wildman–Crippen MR) is 112 cm³/mol. The molecule has 4 heterocycles. The maximum atomic E-state index is 5.84. The number of nitrogens with one attached hydrogen (secondary N) is 1. The smallest absolute Gasteiger partial charge is 0.137 e. The van der Waals surface area contributed by atoms with E-state index in [4.69, 9.17) is 11.6 Å². The van der Waals surface area contributed by atoms with Gasteiger partial charge in [-0.2, -0.15) is 0 Å². The van der Waals surface area contributed by atoms with Gasteiger partial charge in [0.15, 0.2) is 0 Å². The number of nitrogens with zero attached hydrogens (tertiary/aromatic N) is 3. The van der Waals surface area contributed by atoms with Crippen molar-refractivity contribution in [2.75, 3.05) is 0 Å². The predicted octanol–water partition coefficient (Wildman–Crippen LogP) is 5.26. The molecule has 0 bridgehead atoms. The van der Waals surface area contributed by atoms with Gasteiger partial charge in [-0.3, -0.25) is 4.98 Å². The fourth-order valence-electron chi connectivity index (χ4n) is 3.61. The zero-order valence-corrected chi connectivity index (χ0v) is 16.3.